The average molecular weight is 446 g/mol. The summed E-state index contributed by atoms with van der Waals surface area (Å²) in [4.78, 5) is 12.8. The molecule has 170 valence electrons. The van der Waals surface area contributed by atoms with Crippen LogP contribution in [-0.2, 0) is 9.53 Å². The molecular formula is C25H29N6O2+. The second-order valence-electron chi connectivity index (χ2n) is 8.19. The van der Waals surface area contributed by atoms with E-state index < -0.39 is 0 Å². The summed E-state index contributed by atoms with van der Waals surface area (Å²) in [6.07, 6.45) is 2.73. The fourth-order valence-corrected chi connectivity index (χ4v) is 4.37. The third-order valence-electron chi connectivity index (χ3n) is 6.00. The zero-order valence-corrected chi connectivity index (χ0v) is 19.5. The van der Waals surface area contributed by atoms with E-state index >= 15 is 0 Å². The van der Waals surface area contributed by atoms with Crippen molar-refractivity contribution in [3.05, 3.63) is 59.7 Å². The first-order chi connectivity index (χ1) is 16.0. The molecule has 2 heterocycles. The zero-order valence-electron chi connectivity index (χ0n) is 19.5. The number of benzene rings is 2. The standard InChI is InChI=1S/C25H28N6O2/c1-5-7-16-31(3)23(22(25(32)33-4)21(6-2)28-31)18-14-12-17(13-15-18)19-10-8-9-11-20(19)24-26-29-30-27-24/h8-15H,5-7,16H2,1-4H3/p+1. The molecule has 8 nitrogen and oxygen atoms in total. The van der Waals surface area contributed by atoms with Gasteiger partial charge in [0.2, 0.25) is 5.82 Å². The smallest absolute Gasteiger partial charge is 0.346 e. The van der Waals surface area contributed by atoms with E-state index in [1.165, 1.54) is 7.11 Å². The van der Waals surface area contributed by atoms with E-state index in [0.29, 0.717) is 22.4 Å². The fraction of sp³-hybridized carbons (Fsp3) is 0.320. The number of hydrogen-bond acceptors (Lipinski definition) is 6. The number of aromatic nitrogens is 4. The van der Waals surface area contributed by atoms with Crippen molar-refractivity contribution >= 4 is 17.4 Å². The number of methoxy groups -OCH3 is 1. The van der Waals surface area contributed by atoms with Crippen LogP contribution in [0.2, 0.25) is 0 Å². The van der Waals surface area contributed by atoms with Crippen LogP contribution in [0.1, 0.15) is 38.7 Å². The number of aromatic amines is 1. The summed E-state index contributed by atoms with van der Waals surface area (Å²) in [5.74, 6) is 0.210. The van der Waals surface area contributed by atoms with Crippen LogP contribution >= 0.6 is 0 Å². The van der Waals surface area contributed by atoms with Crippen molar-refractivity contribution in [3.8, 4) is 22.5 Å². The third-order valence-corrected chi connectivity index (χ3v) is 6.00. The summed E-state index contributed by atoms with van der Waals surface area (Å²) in [7, 11) is 3.49. The molecule has 0 saturated carbocycles. The van der Waals surface area contributed by atoms with Crippen LogP contribution in [0, 0.1) is 0 Å². The van der Waals surface area contributed by atoms with Crippen LogP contribution in [-0.4, -0.2) is 57.6 Å². The van der Waals surface area contributed by atoms with Crippen LogP contribution in [0.5, 0.6) is 0 Å². The van der Waals surface area contributed by atoms with Crippen molar-refractivity contribution in [2.45, 2.75) is 33.1 Å². The summed E-state index contributed by atoms with van der Waals surface area (Å²) in [6.45, 7) is 5.00. The topological polar surface area (TPSA) is 93.1 Å². The van der Waals surface area contributed by atoms with Crippen LogP contribution < -0.4 is 0 Å². The van der Waals surface area contributed by atoms with E-state index in [-0.39, 0.29) is 5.97 Å². The van der Waals surface area contributed by atoms with Crippen LogP contribution in [0.15, 0.2) is 59.2 Å². The molecule has 2 aromatic carbocycles. The lowest BCUT2D eigenvalue weighted by molar-refractivity contribution is -0.844. The molecule has 0 aliphatic carbocycles. The summed E-state index contributed by atoms with van der Waals surface area (Å²) in [6, 6.07) is 16.2. The average Bonchev–Trinajstić information content (AvgIpc) is 3.49. The number of nitrogens with zero attached hydrogens (tertiary/aromatic N) is 5. The summed E-state index contributed by atoms with van der Waals surface area (Å²) >= 11 is 0. The van der Waals surface area contributed by atoms with Gasteiger partial charge in [-0.3, -0.25) is 0 Å². The Morgan fingerprint density at radius 3 is 2.33 bits per heavy atom. The Morgan fingerprint density at radius 1 is 1.03 bits per heavy atom. The quantitative estimate of drug-likeness (QED) is 0.409. The maximum Gasteiger partial charge on any atom is 0.346 e. The number of carbonyl (C=O) groups is 1. The maximum absolute atomic E-state index is 12.8. The van der Waals surface area contributed by atoms with E-state index in [4.69, 9.17) is 9.84 Å². The van der Waals surface area contributed by atoms with Crippen molar-refractivity contribution in [1.82, 2.24) is 20.6 Å². The molecule has 0 bridgehead atoms. The molecule has 33 heavy (non-hydrogen) atoms. The second kappa shape index (κ2) is 9.46. The largest absolute Gasteiger partial charge is 0.465 e. The number of ether oxygens (including phenoxy) is 1. The molecule has 1 aliphatic rings. The first-order valence-electron chi connectivity index (χ1n) is 11.2. The summed E-state index contributed by atoms with van der Waals surface area (Å²) in [5.41, 5.74) is 6.16. The van der Waals surface area contributed by atoms with Gasteiger partial charge in [0.05, 0.1) is 14.2 Å². The summed E-state index contributed by atoms with van der Waals surface area (Å²) in [5, 5.41) is 19.4. The summed E-state index contributed by atoms with van der Waals surface area (Å²) < 4.78 is 5.50. The SMILES string of the molecule is CCCC[N+]1(C)N=C(CC)C(C(=O)OC)=C1c1ccc(-c2ccccc2-c2nn[nH]n2)cc1. The van der Waals surface area contributed by atoms with Gasteiger partial charge in [-0.1, -0.05) is 61.8 Å². The Kier molecular flexibility index (Phi) is 6.46. The number of nitrogens with one attached hydrogen (secondary N) is 1. The highest BCUT2D eigenvalue weighted by atomic mass is 16.5. The van der Waals surface area contributed by atoms with Crippen molar-refractivity contribution in [2.24, 2.45) is 5.10 Å². The van der Waals surface area contributed by atoms with Gasteiger partial charge in [0.25, 0.3) is 0 Å². The zero-order chi connectivity index (χ0) is 23.4. The Balaban J connectivity index is 1.80. The lowest BCUT2D eigenvalue weighted by Crippen LogP contribution is -2.36. The number of tetrazole rings is 1. The number of carbonyl (C=O) groups excluding carboxylic acids is 1. The van der Waals surface area contributed by atoms with Gasteiger partial charge in [0.15, 0.2) is 11.3 Å². The van der Waals surface area contributed by atoms with Crippen molar-refractivity contribution < 1.29 is 14.1 Å². The van der Waals surface area contributed by atoms with E-state index in [1.807, 2.05) is 31.2 Å². The highest BCUT2D eigenvalue weighted by Gasteiger charge is 2.43. The highest BCUT2D eigenvalue weighted by molar-refractivity contribution is 6.25. The predicted molar refractivity (Wildman–Crippen MR) is 128 cm³/mol. The number of unbranched alkanes of at least 4 members (excludes halogenated alkanes) is 1. The lowest BCUT2D eigenvalue weighted by Gasteiger charge is -2.27. The normalized spacial score (nSPS) is 17.9. The van der Waals surface area contributed by atoms with Crippen molar-refractivity contribution in [2.75, 3.05) is 20.7 Å². The Bertz CT molecular complexity index is 1200. The molecule has 3 aromatic rings. The molecule has 0 radical (unpaired) electrons. The molecule has 1 aromatic heterocycles. The van der Waals surface area contributed by atoms with Gasteiger partial charge in [0.1, 0.15) is 12.3 Å². The number of esters is 1. The monoisotopic (exact) mass is 445 g/mol. The highest BCUT2D eigenvalue weighted by Crippen LogP contribution is 2.39. The van der Waals surface area contributed by atoms with Gasteiger partial charge in [-0.2, -0.15) is 9.81 Å². The molecule has 1 atom stereocenters. The molecule has 1 unspecified atom stereocenters. The van der Waals surface area contributed by atoms with Gasteiger partial charge >= 0.3 is 5.97 Å². The fourth-order valence-electron chi connectivity index (χ4n) is 4.37. The molecule has 0 fully saturated rings. The number of H-pyrrole nitrogens is 1. The first-order valence-corrected chi connectivity index (χ1v) is 11.2. The Labute approximate surface area is 193 Å². The minimum Gasteiger partial charge on any atom is -0.465 e. The minimum absolute atomic E-state index is 0.338. The van der Waals surface area contributed by atoms with Gasteiger partial charge in [-0.15, -0.1) is 10.2 Å². The van der Waals surface area contributed by atoms with Crippen LogP contribution in [0.3, 0.4) is 0 Å². The molecule has 0 amide bonds. The van der Waals surface area contributed by atoms with Gasteiger partial charge < -0.3 is 4.74 Å². The van der Waals surface area contributed by atoms with Crippen molar-refractivity contribution in [1.29, 1.82) is 0 Å². The molecule has 0 saturated heterocycles. The molecule has 0 spiro atoms. The van der Waals surface area contributed by atoms with Crippen molar-refractivity contribution in [3.63, 3.8) is 0 Å². The third kappa shape index (κ3) is 4.21. The lowest BCUT2D eigenvalue weighted by atomic mass is 9.96. The van der Waals surface area contributed by atoms with E-state index in [9.17, 15) is 4.79 Å². The molecule has 8 heteroatoms. The second-order valence-corrected chi connectivity index (χ2v) is 8.19. The molecule has 4 rings (SSSR count). The Morgan fingerprint density at radius 2 is 1.73 bits per heavy atom. The van der Waals surface area contributed by atoms with E-state index in [1.54, 1.807) is 0 Å². The Hall–Kier alpha value is -3.65. The maximum atomic E-state index is 12.8. The van der Waals surface area contributed by atoms with Gasteiger partial charge in [-0.05, 0) is 41.3 Å². The van der Waals surface area contributed by atoms with E-state index in [0.717, 1.165) is 53.0 Å². The van der Waals surface area contributed by atoms with Gasteiger partial charge in [0, 0.05) is 11.1 Å². The van der Waals surface area contributed by atoms with Gasteiger partial charge in [-0.25, -0.2) is 4.79 Å². The molecule has 1 N–H and O–H groups in total. The minimum atomic E-state index is -0.338. The number of rotatable bonds is 8. The predicted octanol–water partition coefficient (Wildman–Crippen LogP) is 4.44. The number of hydrogen-bond donors (Lipinski definition) is 1. The van der Waals surface area contributed by atoms with Crippen LogP contribution in [0.4, 0.5) is 0 Å². The van der Waals surface area contributed by atoms with E-state index in [2.05, 4.69) is 58.9 Å². The van der Waals surface area contributed by atoms with Crippen LogP contribution in [0.25, 0.3) is 28.2 Å². The number of quaternary nitrogens is 1. The molecule has 1 aliphatic heterocycles. The molecular weight excluding hydrogens is 416 g/mol. The first kappa shape index (κ1) is 22.5.